The lowest BCUT2D eigenvalue weighted by Crippen LogP contribution is -2.02. The van der Waals surface area contributed by atoms with Crippen molar-refractivity contribution < 1.29 is 9.21 Å². The molecule has 4 aromatic carbocycles. The average Bonchev–Trinajstić information content (AvgIpc) is 3.45. The predicted molar refractivity (Wildman–Crippen MR) is 130 cm³/mol. The number of hydrogen-bond donors (Lipinski definition) is 0. The Morgan fingerprint density at radius 2 is 1.61 bits per heavy atom. The second-order valence-corrected chi connectivity index (χ2v) is 8.79. The summed E-state index contributed by atoms with van der Waals surface area (Å²) in [5.41, 5.74) is 5.36. The number of aromatic nitrogens is 4. The summed E-state index contributed by atoms with van der Waals surface area (Å²) in [7, 11) is 0. The Morgan fingerprint density at radius 3 is 2.39 bits per heavy atom. The molecule has 33 heavy (non-hydrogen) atoms. The van der Waals surface area contributed by atoms with Crippen molar-refractivity contribution in [2.45, 2.75) is 12.1 Å². The van der Waals surface area contributed by atoms with Crippen LogP contribution < -0.4 is 0 Å². The van der Waals surface area contributed by atoms with E-state index >= 15 is 0 Å². The molecule has 6 aromatic rings. The Kier molecular flexibility index (Phi) is 4.69. The van der Waals surface area contributed by atoms with Crippen LogP contribution in [-0.2, 0) is 0 Å². The summed E-state index contributed by atoms with van der Waals surface area (Å²) in [4.78, 5) is 19.0. The number of Topliss-reactive ketones (excluding diaryl/α,β-unsaturated/α-hetero) is 1. The van der Waals surface area contributed by atoms with Crippen LogP contribution in [0.3, 0.4) is 0 Å². The molecule has 0 unspecified atom stereocenters. The van der Waals surface area contributed by atoms with Crippen molar-refractivity contribution in [3.63, 3.8) is 0 Å². The van der Waals surface area contributed by atoms with E-state index in [9.17, 15) is 4.79 Å². The summed E-state index contributed by atoms with van der Waals surface area (Å²) >= 11 is 1.29. The largest absolute Gasteiger partial charge is 0.429 e. The molecule has 7 heteroatoms. The smallest absolute Gasteiger partial charge is 0.257 e. The van der Waals surface area contributed by atoms with Crippen LogP contribution in [-0.4, -0.2) is 31.5 Å². The van der Waals surface area contributed by atoms with Crippen molar-refractivity contribution >= 4 is 50.5 Å². The first kappa shape index (κ1) is 19.7. The number of oxazole rings is 1. The number of fused-ring (bicyclic) bond motifs is 3. The van der Waals surface area contributed by atoms with Gasteiger partial charge in [0.05, 0.1) is 5.75 Å². The fourth-order valence-corrected chi connectivity index (χ4v) is 4.61. The number of carbonyl (C=O) groups is 1. The standard InChI is InChI=1S/C26H18N4O2S/c1-16-12-22-25(23(13-16)30-28-20-8-4-5-9-21(20)29-30)32-26(27-22)33-15-24(31)19-11-10-17-6-2-3-7-18(17)14-19/h2-14H,15H2,1H3. The highest BCUT2D eigenvalue weighted by molar-refractivity contribution is 7.99. The van der Waals surface area contributed by atoms with Crippen molar-refractivity contribution in [1.29, 1.82) is 0 Å². The zero-order chi connectivity index (χ0) is 22.4. The van der Waals surface area contributed by atoms with Crippen LogP contribution in [0.25, 0.3) is 38.6 Å². The van der Waals surface area contributed by atoms with E-state index in [0.29, 0.717) is 21.9 Å². The Labute approximate surface area is 193 Å². The van der Waals surface area contributed by atoms with E-state index < -0.39 is 0 Å². The molecular weight excluding hydrogens is 432 g/mol. The second-order valence-electron chi connectivity index (χ2n) is 7.86. The van der Waals surface area contributed by atoms with Gasteiger partial charge in [0, 0.05) is 5.56 Å². The second kappa shape index (κ2) is 7.86. The van der Waals surface area contributed by atoms with Crippen LogP contribution in [0.1, 0.15) is 15.9 Å². The van der Waals surface area contributed by atoms with E-state index in [4.69, 9.17) is 4.42 Å². The Hall–Kier alpha value is -3.97. The highest BCUT2D eigenvalue weighted by Gasteiger charge is 2.17. The molecule has 0 bridgehead atoms. The van der Waals surface area contributed by atoms with Gasteiger partial charge in [0.15, 0.2) is 11.4 Å². The van der Waals surface area contributed by atoms with Crippen LogP contribution in [0.15, 0.2) is 88.5 Å². The summed E-state index contributed by atoms with van der Waals surface area (Å²) in [5, 5.41) is 11.8. The van der Waals surface area contributed by atoms with Gasteiger partial charge in [0.2, 0.25) is 0 Å². The zero-order valence-electron chi connectivity index (χ0n) is 17.7. The predicted octanol–water partition coefficient (Wildman–Crippen LogP) is 6.00. The van der Waals surface area contributed by atoms with Crippen LogP contribution in [0.2, 0.25) is 0 Å². The summed E-state index contributed by atoms with van der Waals surface area (Å²) in [6, 6.07) is 25.4. The average molecular weight is 451 g/mol. The molecule has 0 saturated carbocycles. The van der Waals surface area contributed by atoms with Gasteiger partial charge >= 0.3 is 0 Å². The fraction of sp³-hybridized carbons (Fsp3) is 0.0769. The van der Waals surface area contributed by atoms with E-state index in [1.54, 1.807) is 4.80 Å². The normalized spacial score (nSPS) is 11.5. The number of carbonyl (C=O) groups excluding carboxylic acids is 1. The molecule has 0 aliphatic carbocycles. The van der Waals surface area contributed by atoms with E-state index in [1.807, 2.05) is 85.8 Å². The van der Waals surface area contributed by atoms with Crippen LogP contribution >= 0.6 is 11.8 Å². The highest BCUT2D eigenvalue weighted by atomic mass is 32.2. The molecule has 0 aliphatic rings. The molecule has 0 N–H and O–H groups in total. The molecule has 2 aromatic heterocycles. The first-order valence-electron chi connectivity index (χ1n) is 10.5. The number of aryl methyl sites for hydroxylation is 1. The summed E-state index contributed by atoms with van der Waals surface area (Å²) in [6.45, 7) is 2.00. The first-order valence-corrected chi connectivity index (χ1v) is 11.5. The molecule has 0 saturated heterocycles. The third kappa shape index (κ3) is 3.66. The summed E-state index contributed by atoms with van der Waals surface area (Å²) < 4.78 is 6.06. The number of rotatable bonds is 5. The van der Waals surface area contributed by atoms with E-state index in [-0.39, 0.29) is 11.5 Å². The minimum atomic E-state index is 0.0319. The zero-order valence-corrected chi connectivity index (χ0v) is 18.5. The SMILES string of the molecule is Cc1cc(-n2nc3ccccc3n2)c2oc(SCC(=O)c3ccc4ccccc4c3)nc2c1. The quantitative estimate of drug-likeness (QED) is 0.237. The first-order chi connectivity index (χ1) is 16.1. The van der Waals surface area contributed by atoms with Crippen molar-refractivity contribution in [1.82, 2.24) is 20.0 Å². The Balaban J connectivity index is 1.29. The van der Waals surface area contributed by atoms with Gasteiger partial charge in [-0.15, -0.1) is 15.0 Å². The third-order valence-corrected chi connectivity index (χ3v) is 6.32. The van der Waals surface area contributed by atoms with Gasteiger partial charge in [0.1, 0.15) is 22.2 Å². The maximum atomic E-state index is 12.8. The van der Waals surface area contributed by atoms with E-state index in [0.717, 1.165) is 33.1 Å². The highest BCUT2D eigenvalue weighted by Crippen LogP contribution is 2.30. The fourth-order valence-electron chi connectivity index (χ4n) is 3.88. The molecule has 0 aliphatic heterocycles. The van der Waals surface area contributed by atoms with Crippen LogP contribution in [0.5, 0.6) is 0 Å². The van der Waals surface area contributed by atoms with Gasteiger partial charge in [-0.1, -0.05) is 60.3 Å². The lowest BCUT2D eigenvalue weighted by molar-refractivity contribution is 0.102. The van der Waals surface area contributed by atoms with Crippen molar-refractivity contribution in [3.05, 3.63) is 90.0 Å². The van der Waals surface area contributed by atoms with Crippen LogP contribution in [0.4, 0.5) is 0 Å². The molecular formula is C26H18N4O2S. The lowest BCUT2D eigenvalue weighted by atomic mass is 10.1. The van der Waals surface area contributed by atoms with Gasteiger partial charge in [-0.05, 0) is 53.6 Å². The molecule has 0 amide bonds. The summed E-state index contributed by atoms with van der Waals surface area (Å²) in [5.74, 6) is 0.271. The van der Waals surface area contributed by atoms with Gasteiger partial charge in [-0.2, -0.15) is 0 Å². The van der Waals surface area contributed by atoms with Crippen molar-refractivity contribution in [3.8, 4) is 5.69 Å². The molecule has 0 radical (unpaired) electrons. The molecule has 2 heterocycles. The molecule has 160 valence electrons. The van der Waals surface area contributed by atoms with E-state index in [1.165, 1.54) is 11.8 Å². The Morgan fingerprint density at radius 1 is 0.879 bits per heavy atom. The molecule has 6 nitrogen and oxygen atoms in total. The number of nitrogens with zero attached hydrogens (tertiary/aromatic N) is 4. The van der Waals surface area contributed by atoms with Gasteiger partial charge in [-0.3, -0.25) is 4.79 Å². The number of ketones is 1. The maximum absolute atomic E-state index is 12.8. The minimum Gasteiger partial charge on any atom is -0.429 e. The summed E-state index contributed by atoms with van der Waals surface area (Å²) in [6.07, 6.45) is 0. The van der Waals surface area contributed by atoms with Crippen LogP contribution in [0, 0.1) is 6.92 Å². The number of benzene rings is 4. The monoisotopic (exact) mass is 450 g/mol. The van der Waals surface area contributed by atoms with Gasteiger partial charge in [-0.25, -0.2) is 4.98 Å². The van der Waals surface area contributed by atoms with Crippen molar-refractivity contribution in [2.75, 3.05) is 5.75 Å². The topological polar surface area (TPSA) is 73.8 Å². The van der Waals surface area contributed by atoms with Gasteiger partial charge in [0.25, 0.3) is 5.22 Å². The molecule has 0 atom stereocenters. The number of hydrogen-bond acceptors (Lipinski definition) is 6. The molecule has 6 rings (SSSR count). The number of thioether (sulfide) groups is 1. The lowest BCUT2D eigenvalue weighted by Gasteiger charge is -2.02. The van der Waals surface area contributed by atoms with Gasteiger partial charge < -0.3 is 4.42 Å². The minimum absolute atomic E-state index is 0.0319. The molecule has 0 spiro atoms. The third-order valence-electron chi connectivity index (χ3n) is 5.50. The Bertz CT molecular complexity index is 1630. The van der Waals surface area contributed by atoms with Crippen molar-refractivity contribution in [2.24, 2.45) is 0 Å². The maximum Gasteiger partial charge on any atom is 0.257 e. The molecule has 0 fully saturated rings. The van der Waals surface area contributed by atoms with E-state index in [2.05, 4.69) is 15.2 Å².